The summed E-state index contributed by atoms with van der Waals surface area (Å²) in [6.07, 6.45) is 3.22. The molecule has 3 N–H and O–H groups in total. The number of aliphatic hydroxyl groups excluding tert-OH is 1. The van der Waals surface area contributed by atoms with E-state index in [-0.39, 0.29) is 18.6 Å². The maximum atomic E-state index is 12.0. The lowest BCUT2D eigenvalue weighted by atomic mass is 9.96. The molecule has 24 heavy (non-hydrogen) atoms. The van der Waals surface area contributed by atoms with Crippen LogP contribution in [0.15, 0.2) is 30.3 Å². The number of urea groups is 1. The molecule has 1 aliphatic rings. The summed E-state index contributed by atoms with van der Waals surface area (Å²) in [5.74, 6) is 0.905. The summed E-state index contributed by atoms with van der Waals surface area (Å²) in [7, 11) is 0. The monoisotopic (exact) mass is 333 g/mol. The molecule has 5 nitrogen and oxygen atoms in total. The Kier molecular flexibility index (Phi) is 8.05. The molecule has 0 radical (unpaired) electrons. The molecule has 0 saturated carbocycles. The van der Waals surface area contributed by atoms with Gasteiger partial charge in [0.05, 0.1) is 0 Å². The third-order valence-electron chi connectivity index (χ3n) is 4.71. The van der Waals surface area contributed by atoms with Crippen LogP contribution in [0.3, 0.4) is 0 Å². The summed E-state index contributed by atoms with van der Waals surface area (Å²) < 4.78 is 0. The quantitative estimate of drug-likeness (QED) is 0.683. The van der Waals surface area contributed by atoms with Crippen molar-refractivity contribution < 1.29 is 9.90 Å². The van der Waals surface area contributed by atoms with E-state index in [0.29, 0.717) is 19.5 Å². The fourth-order valence-corrected chi connectivity index (χ4v) is 3.36. The number of nitrogens with one attached hydrogen (secondary N) is 2. The van der Waals surface area contributed by atoms with Crippen molar-refractivity contribution in [1.82, 2.24) is 15.5 Å². The van der Waals surface area contributed by atoms with Crippen molar-refractivity contribution in [3.8, 4) is 0 Å². The number of piperidine rings is 1. The van der Waals surface area contributed by atoms with Crippen LogP contribution in [0.2, 0.25) is 0 Å². The molecule has 2 unspecified atom stereocenters. The van der Waals surface area contributed by atoms with Gasteiger partial charge in [0, 0.05) is 38.7 Å². The fraction of sp³-hybridized carbons (Fsp3) is 0.632. The van der Waals surface area contributed by atoms with Crippen molar-refractivity contribution >= 4 is 6.03 Å². The summed E-state index contributed by atoms with van der Waals surface area (Å²) in [6, 6.07) is 9.90. The lowest BCUT2D eigenvalue weighted by Crippen LogP contribution is -2.43. The van der Waals surface area contributed by atoms with Crippen LogP contribution in [0, 0.1) is 5.92 Å². The number of carbonyl (C=O) groups is 1. The van der Waals surface area contributed by atoms with Gasteiger partial charge in [-0.25, -0.2) is 4.79 Å². The Morgan fingerprint density at radius 1 is 1.33 bits per heavy atom. The van der Waals surface area contributed by atoms with E-state index in [1.165, 1.54) is 12.8 Å². The molecular formula is C19H31N3O2. The first-order chi connectivity index (χ1) is 11.7. The second-order valence-electron chi connectivity index (χ2n) is 6.80. The molecule has 1 saturated heterocycles. The molecule has 2 atom stereocenters. The molecular weight excluding hydrogens is 302 g/mol. The molecule has 0 aromatic heterocycles. The standard InChI is InChI=1S/C19H31N3O2/c1-16-6-5-11-22(15-16)12-10-20-19(24)21-14-18(9-13-23)17-7-3-2-4-8-17/h2-4,7-8,16,18,23H,5-6,9-15H2,1H3,(H2,20,21,24). The minimum atomic E-state index is -0.126. The van der Waals surface area contributed by atoms with Crippen molar-refractivity contribution in [3.63, 3.8) is 0 Å². The van der Waals surface area contributed by atoms with Crippen molar-refractivity contribution in [2.75, 3.05) is 39.3 Å². The molecule has 5 heteroatoms. The van der Waals surface area contributed by atoms with Gasteiger partial charge in [-0.2, -0.15) is 0 Å². The minimum Gasteiger partial charge on any atom is -0.396 e. The Morgan fingerprint density at radius 3 is 2.83 bits per heavy atom. The van der Waals surface area contributed by atoms with Crippen LogP contribution in [0.1, 0.15) is 37.7 Å². The van der Waals surface area contributed by atoms with E-state index in [4.69, 9.17) is 0 Å². The number of hydrogen-bond donors (Lipinski definition) is 3. The normalized spacial score (nSPS) is 19.7. The van der Waals surface area contributed by atoms with Gasteiger partial charge >= 0.3 is 6.03 Å². The van der Waals surface area contributed by atoms with Gasteiger partial charge in [0.15, 0.2) is 0 Å². The van der Waals surface area contributed by atoms with E-state index in [2.05, 4.69) is 22.5 Å². The highest BCUT2D eigenvalue weighted by atomic mass is 16.3. The van der Waals surface area contributed by atoms with Crippen LogP contribution in [0.25, 0.3) is 0 Å². The lowest BCUT2D eigenvalue weighted by molar-refractivity contribution is 0.183. The van der Waals surface area contributed by atoms with E-state index in [1.807, 2.05) is 30.3 Å². The zero-order valence-corrected chi connectivity index (χ0v) is 14.7. The fourth-order valence-electron chi connectivity index (χ4n) is 3.36. The highest BCUT2D eigenvalue weighted by Crippen LogP contribution is 2.18. The summed E-state index contributed by atoms with van der Waals surface area (Å²) in [5, 5.41) is 15.1. The number of rotatable bonds is 8. The van der Waals surface area contributed by atoms with Crippen LogP contribution in [-0.2, 0) is 0 Å². The molecule has 134 valence electrons. The van der Waals surface area contributed by atoms with Crippen LogP contribution in [0.5, 0.6) is 0 Å². The van der Waals surface area contributed by atoms with Gasteiger partial charge in [-0.05, 0) is 37.3 Å². The van der Waals surface area contributed by atoms with Crippen molar-refractivity contribution in [2.24, 2.45) is 5.92 Å². The van der Waals surface area contributed by atoms with Crippen LogP contribution in [-0.4, -0.2) is 55.4 Å². The number of aliphatic hydroxyl groups is 1. The molecule has 1 fully saturated rings. The van der Waals surface area contributed by atoms with Gasteiger partial charge in [-0.15, -0.1) is 0 Å². The van der Waals surface area contributed by atoms with Gasteiger partial charge in [0.25, 0.3) is 0 Å². The first-order valence-corrected chi connectivity index (χ1v) is 9.09. The van der Waals surface area contributed by atoms with E-state index < -0.39 is 0 Å². The average Bonchev–Trinajstić information content (AvgIpc) is 2.59. The highest BCUT2D eigenvalue weighted by Gasteiger charge is 2.16. The van der Waals surface area contributed by atoms with E-state index >= 15 is 0 Å². The summed E-state index contributed by atoms with van der Waals surface area (Å²) in [4.78, 5) is 14.4. The maximum Gasteiger partial charge on any atom is 0.314 e. The van der Waals surface area contributed by atoms with Gasteiger partial charge < -0.3 is 20.6 Å². The third-order valence-corrected chi connectivity index (χ3v) is 4.71. The zero-order chi connectivity index (χ0) is 17.2. The average molecular weight is 333 g/mol. The first-order valence-electron chi connectivity index (χ1n) is 9.09. The van der Waals surface area contributed by atoms with Gasteiger partial charge in [0.1, 0.15) is 0 Å². The van der Waals surface area contributed by atoms with Gasteiger partial charge in [-0.3, -0.25) is 0 Å². The molecule has 2 rings (SSSR count). The molecule has 1 aromatic rings. The minimum absolute atomic E-state index is 0.121. The largest absolute Gasteiger partial charge is 0.396 e. The van der Waals surface area contributed by atoms with Crippen LogP contribution < -0.4 is 10.6 Å². The van der Waals surface area contributed by atoms with Crippen LogP contribution >= 0.6 is 0 Å². The molecule has 1 heterocycles. The number of hydrogen-bond acceptors (Lipinski definition) is 3. The van der Waals surface area contributed by atoms with Gasteiger partial charge in [0.2, 0.25) is 0 Å². The molecule has 0 spiro atoms. The van der Waals surface area contributed by atoms with Crippen LogP contribution in [0.4, 0.5) is 4.79 Å². The lowest BCUT2D eigenvalue weighted by Gasteiger charge is -2.30. The number of amides is 2. The number of carbonyl (C=O) groups excluding carboxylic acids is 1. The summed E-state index contributed by atoms with van der Waals surface area (Å²) in [5.41, 5.74) is 1.15. The Bertz CT molecular complexity index is 481. The Labute approximate surface area is 145 Å². The second-order valence-corrected chi connectivity index (χ2v) is 6.80. The Balaban J connectivity index is 1.67. The van der Waals surface area contributed by atoms with E-state index in [9.17, 15) is 9.90 Å². The predicted molar refractivity (Wildman–Crippen MR) is 97.1 cm³/mol. The first kappa shape index (κ1) is 18.7. The van der Waals surface area contributed by atoms with Crippen molar-refractivity contribution in [3.05, 3.63) is 35.9 Å². The van der Waals surface area contributed by atoms with Crippen molar-refractivity contribution in [2.45, 2.75) is 32.1 Å². The maximum absolute atomic E-state index is 12.0. The third kappa shape index (κ3) is 6.49. The van der Waals surface area contributed by atoms with Crippen molar-refractivity contribution in [1.29, 1.82) is 0 Å². The topological polar surface area (TPSA) is 64.6 Å². The number of nitrogens with zero attached hydrogens (tertiary/aromatic N) is 1. The molecule has 1 aromatic carbocycles. The molecule has 0 bridgehead atoms. The number of likely N-dealkylation sites (tertiary alicyclic amines) is 1. The molecule has 2 amide bonds. The number of benzene rings is 1. The SMILES string of the molecule is CC1CCCN(CCNC(=O)NCC(CCO)c2ccccc2)C1. The molecule has 1 aliphatic heterocycles. The predicted octanol–water partition coefficient (Wildman–Crippen LogP) is 2.18. The summed E-state index contributed by atoms with van der Waals surface area (Å²) in [6.45, 7) is 6.81. The summed E-state index contributed by atoms with van der Waals surface area (Å²) >= 11 is 0. The van der Waals surface area contributed by atoms with Gasteiger partial charge in [-0.1, -0.05) is 37.3 Å². The second kappa shape index (κ2) is 10.3. The van der Waals surface area contributed by atoms with E-state index in [0.717, 1.165) is 31.1 Å². The smallest absolute Gasteiger partial charge is 0.314 e. The zero-order valence-electron chi connectivity index (χ0n) is 14.7. The Morgan fingerprint density at radius 2 is 2.12 bits per heavy atom. The Hall–Kier alpha value is -1.59. The van der Waals surface area contributed by atoms with E-state index in [1.54, 1.807) is 0 Å². The highest BCUT2D eigenvalue weighted by molar-refractivity contribution is 5.73. The molecule has 0 aliphatic carbocycles.